The summed E-state index contributed by atoms with van der Waals surface area (Å²) in [7, 11) is 0. The average molecular weight is 432 g/mol. The number of ether oxygens (including phenoxy) is 1. The second-order valence-corrected chi connectivity index (χ2v) is 8.22. The molecule has 6 heteroatoms. The molecule has 32 heavy (non-hydrogen) atoms. The fraction of sp³-hybridized carbons (Fsp3) is 0.308. The number of rotatable bonds is 7. The summed E-state index contributed by atoms with van der Waals surface area (Å²) in [6.45, 7) is 7.06. The Morgan fingerprint density at radius 3 is 2.28 bits per heavy atom. The molecule has 6 nitrogen and oxygen atoms in total. The lowest BCUT2D eigenvalue weighted by Gasteiger charge is -2.38. The Balaban J connectivity index is 1.61. The first-order chi connectivity index (χ1) is 15.5. The van der Waals surface area contributed by atoms with E-state index in [2.05, 4.69) is 33.0 Å². The highest BCUT2D eigenvalue weighted by atomic mass is 16.5. The number of aromatic nitrogens is 1. The Morgan fingerprint density at radius 1 is 1.00 bits per heavy atom. The third-order valence-corrected chi connectivity index (χ3v) is 6.17. The van der Waals surface area contributed by atoms with Crippen LogP contribution in [0.1, 0.15) is 20.3 Å². The van der Waals surface area contributed by atoms with Crippen molar-refractivity contribution in [3.05, 3.63) is 73.1 Å². The van der Waals surface area contributed by atoms with Gasteiger partial charge in [-0.1, -0.05) is 37.3 Å². The number of piperazine rings is 1. The Morgan fingerprint density at radius 2 is 1.66 bits per heavy atom. The molecule has 0 bridgehead atoms. The summed E-state index contributed by atoms with van der Waals surface area (Å²) in [5.74, 6) is -0.396. The van der Waals surface area contributed by atoms with Crippen LogP contribution >= 0.6 is 0 Å². The van der Waals surface area contributed by atoms with Gasteiger partial charge in [-0.3, -0.25) is 4.98 Å². The first-order valence-electron chi connectivity index (χ1n) is 11.0. The van der Waals surface area contributed by atoms with E-state index in [0.29, 0.717) is 12.2 Å². The molecule has 0 saturated carbocycles. The average Bonchev–Trinajstić information content (AvgIpc) is 2.85. The van der Waals surface area contributed by atoms with Gasteiger partial charge in [0.25, 0.3) is 0 Å². The van der Waals surface area contributed by atoms with E-state index in [9.17, 15) is 9.90 Å². The van der Waals surface area contributed by atoms with Gasteiger partial charge in [-0.15, -0.1) is 0 Å². The second-order valence-electron chi connectivity index (χ2n) is 8.22. The lowest BCUT2D eigenvalue weighted by molar-refractivity contribution is -0.154. The van der Waals surface area contributed by atoms with Crippen molar-refractivity contribution in [3.8, 4) is 16.9 Å². The van der Waals surface area contributed by atoms with Crippen LogP contribution < -0.4 is 14.5 Å². The van der Waals surface area contributed by atoms with Crippen LogP contribution in [0, 0.1) is 0 Å². The van der Waals surface area contributed by atoms with Crippen LogP contribution in [0.25, 0.3) is 11.1 Å². The zero-order valence-electron chi connectivity index (χ0n) is 18.6. The third-order valence-electron chi connectivity index (χ3n) is 6.17. The quantitative estimate of drug-likeness (QED) is 0.585. The van der Waals surface area contributed by atoms with Gasteiger partial charge in [0, 0.05) is 55.5 Å². The minimum atomic E-state index is -1.26. The van der Waals surface area contributed by atoms with E-state index in [1.54, 1.807) is 6.92 Å². The lowest BCUT2D eigenvalue weighted by Crippen LogP contribution is -2.46. The molecule has 1 unspecified atom stereocenters. The highest BCUT2D eigenvalue weighted by Crippen LogP contribution is 2.36. The van der Waals surface area contributed by atoms with Crippen molar-refractivity contribution in [1.29, 1.82) is 0 Å². The lowest BCUT2D eigenvalue weighted by atomic mass is 10.0. The molecule has 0 radical (unpaired) electrons. The Kier molecular flexibility index (Phi) is 6.30. The number of carboxylic acids is 1. The Labute approximate surface area is 189 Å². The van der Waals surface area contributed by atoms with Gasteiger partial charge < -0.3 is 19.6 Å². The number of carboxylic acid groups (broad SMARTS) is 1. The molecule has 1 N–H and O–H groups in total. The molecular formula is C26H29N3O3. The first-order valence-corrected chi connectivity index (χ1v) is 11.0. The van der Waals surface area contributed by atoms with Gasteiger partial charge >= 0.3 is 5.97 Å². The highest BCUT2D eigenvalue weighted by Gasteiger charge is 2.34. The van der Waals surface area contributed by atoms with Crippen molar-refractivity contribution < 1.29 is 14.6 Å². The topological polar surface area (TPSA) is 65.9 Å². The second kappa shape index (κ2) is 9.30. The smallest absolute Gasteiger partial charge is 0.347 e. The first kappa shape index (κ1) is 21.7. The molecule has 2 aromatic carbocycles. The molecule has 0 amide bonds. The maximum absolute atomic E-state index is 11.7. The molecule has 1 aromatic heterocycles. The Bertz CT molecular complexity index is 1050. The maximum atomic E-state index is 11.7. The van der Waals surface area contributed by atoms with E-state index >= 15 is 0 Å². The van der Waals surface area contributed by atoms with Crippen LogP contribution in [-0.2, 0) is 4.79 Å². The van der Waals surface area contributed by atoms with Gasteiger partial charge in [0.2, 0.25) is 5.60 Å². The van der Waals surface area contributed by atoms with Crippen LogP contribution in [0.2, 0.25) is 0 Å². The van der Waals surface area contributed by atoms with Gasteiger partial charge in [0.1, 0.15) is 5.75 Å². The summed E-state index contributed by atoms with van der Waals surface area (Å²) in [5.41, 5.74) is 3.19. The van der Waals surface area contributed by atoms with E-state index in [0.717, 1.165) is 43.0 Å². The van der Waals surface area contributed by atoms with Crippen LogP contribution in [0.15, 0.2) is 73.1 Å². The Hall–Kier alpha value is -3.54. The molecule has 166 valence electrons. The summed E-state index contributed by atoms with van der Waals surface area (Å²) in [5, 5.41) is 9.62. The van der Waals surface area contributed by atoms with Crippen molar-refractivity contribution in [2.45, 2.75) is 25.9 Å². The molecule has 4 rings (SSSR count). The number of benzene rings is 2. The predicted octanol–water partition coefficient (Wildman–Crippen LogP) is 4.71. The SMILES string of the molecule is CCC(C)(Oc1ccc(N2CCN(c3ccncc3)CC2)c(-c2ccccc2)c1)C(=O)O. The summed E-state index contributed by atoms with van der Waals surface area (Å²) in [4.78, 5) is 20.6. The van der Waals surface area contributed by atoms with Crippen LogP contribution in [0.5, 0.6) is 5.75 Å². The van der Waals surface area contributed by atoms with Gasteiger partial charge in [-0.2, -0.15) is 0 Å². The molecule has 0 spiro atoms. The fourth-order valence-electron chi connectivity index (χ4n) is 3.99. The molecule has 0 aliphatic carbocycles. The molecule has 1 atom stereocenters. The van der Waals surface area contributed by atoms with Crippen LogP contribution in [0.4, 0.5) is 11.4 Å². The van der Waals surface area contributed by atoms with Crippen molar-refractivity contribution in [2.24, 2.45) is 0 Å². The number of anilines is 2. The molecule has 1 aliphatic heterocycles. The summed E-state index contributed by atoms with van der Waals surface area (Å²) in [6, 6.07) is 20.2. The van der Waals surface area contributed by atoms with Crippen molar-refractivity contribution in [2.75, 3.05) is 36.0 Å². The van der Waals surface area contributed by atoms with Crippen LogP contribution in [0.3, 0.4) is 0 Å². The number of nitrogens with zero attached hydrogens (tertiary/aromatic N) is 3. The summed E-state index contributed by atoms with van der Waals surface area (Å²) < 4.78 is 5.96. The number of aliphatic carboxylic acids is 1. The standard InChI is InChI=1S/C26H29N3O3/c1-3-26(2,25(30)31)32-22-9-10-24(23(19-22)20-7-5-4-6-8-20)29-17-15-28(16-18-29)21-11-13-27-14-12-21/h4-14,19H,3,15-18H2,1-2H3,(H,30,31). The fourth-order valence-corrected chi connectivity index (χ4v) is 3.99. The van der Waals surface area contributed by atoms with Gasteiger partial charge in [0.05, 0.1) is 0 Å². The molecular weight excluding hydrogens is 402 g/mol. The minimum Gasteiger partial charge on any atom is -0.478 e. The summed E-state index contributed by atoms with van der Waals surface area (Å²) in [6.07, 6.45) is 4.03. The van der Waals surface area contributed by atoms with Crippen molar-refractivity contribution in [3.63, 3.8) is 0 Å². The monoisotopic (exact) mass is 431 g/mol. The minimum absolute atomic E-state index is 0.377. The number of hydrogen-bond acceptors (Lipinski definition) is 5. The molecule has 1 aliphatic rings. The summed E-state index contributed by atoms with van der Waals surface area (Å²) >= 11 is 0. The molecule has 2 heterocycles. The normalized spacial score (nSPS) is 15.8. The molecule has 1 fully saturated rings. The van der Waals surface area contributed by atoms with E-state index in [1.165, 1.54) is 5.69 Å². The van der Waals surface area contributed by atoms with Crippen molar-refractivity contribution in [1.82, 2.24) is 4.98 Å². The largest absolute Gasteiger partial charge is 0.478 e. The van der Waals surface area contributed by atoms with Gasteiger partial charge in [-0.05, 0) is 49.2 Å². The zero-order valence-corrected chi connectivity index (χ0v) is 18.6. The third kappa shape index (κ3) is 4.54. The van der Waals surface area contributed by atoms with Gasteiger partial charge in [-0.25, -0.2) is 4.79 Å². The highest BCUT2D eigenvalue weighted by molar-refractivity contribution is 5.81. The number of pyridine rings is 1. The number of carbonyl (C=O) groups is 1. The predicted molar refractivity (Wildman–Crippen MR) is 128 cm³/mol. The molecule has 3 aromatic rings. The van der Waals surface area contributed by atoms with Gasteiger partial charge in [0.15, 0.2) is 0 Å². The van der Waals surface area contributed by atoms with Crippen LogP contribution in [-0.4, -0.2) is 47.8 Å². The van der Waals surface area contributed by atoms with E-state index in [-0.39, 0.29) is 0 Å². The zero-order chi connectivity index (χ0) is 22.6. The number of hydrogen-bond donors (Lipinski definition) is 1. The van der Waals surface area contributed by atoms with E-state index in [4.69, 9.17) is 4.74 Å². The maximum Gasteiger partial charge on any atom is 0.347 e. The molecule has 1 saturated heterocycles. The van der Waals surface area contributed by atoms with E-state index in [1.807, 2.05) is 61.8 Å². The van der Waals surface area contributed by atoms with E-state index < -0.39 is 11.6 Å². The van der Waals surface area contributed by atoms with Crippen molar-refractivity contribution >= 4 is 17.3 Å².